The molecule has 0 saturated carbocycles. The van der Waals surface area contributed by atoms with Gasteiger partial charge in [0.05, 0.1) is 5.56 Å². The van der Waals surface area contributed by atoms with Gasteiger partial charge in [-0.05, 0) is 18.2 Å². The summed E-state index contributed by atoms with van der Waals surface area (Å²) in [7, 11) is 0. The van der Waals surface area contributed by atoms with E-state index in [0.717, 1.165) is 12.1 Å². The number of halogens is 1. The Morgan fingerprint density at radius 1 is 1.50 bits per heavy atom. The van der Waals surface area contributed by atoms with Crippen molar-refractivity contribution < 1.29 is 18.8 Å². The van der Waals surface area contributed by atoms with Gasteiger partial charge in [0.15, 0.2) is 0 Å². The number of carbonyl (C=O) groups is 1. The van der Waals surface area contributed by atoms with Crippen LogP contribution in [0.4, 0.5) is 4.39 Å². The molecular weight excluding hydrogens is 215 g/mol. The van der Waals surface area contributed by atoms with E-state index in [4.69, 9.17) is 9.63 Å². The third-order valence-corrected chi connectivity index (χ3v) is 1.98. The SMILES string of the molecule is Cc1nc(-c2ccc(F)cc2C(=O)O)no1. The molecule has 5 nitrogen and oxygen atoms in total. The second-order valence-corrected chi connectivity index (χ2v) is 3.13. The minimum atomic E-state index is -1.24. The van der Waals surface area contributed by atoms with Crippen LogP contribution in [0.1, 0.15) is 16.2 Å². The van der Waals surface area contributed by atoms with Crippen LogP contribution >= 0.6 is 0 Å². The van der Waals surface area contributed by atoms with Gasteiger partial charge >= 0.3 is 5.97 Å². The van der Waals surface area contributed by atoms with Crippen molar-refractivity contribution in [1.82, 2.24) is 10.1 Å². The summed E-state index contributed by atoms with van der Waals surface area (Å²) < 4.78 is 17.6. The molecule has 2 aromatic rings. The summed E-state index contributed by atoms with van der Waals surface area (Å²) in [6.07, 6.45) is 0. The number of aromatic nitrogens is 2. The van der Waals surface area contributed by atoms with Crippen molar-refractivity contribution in [3.63, 3.8) is 0 Å². The van der Waals surface area contributed by atoms with E-state index in [1.54, 1.807) is 6.92 Å². The first-order valence-electron chi connectivity index (χ1n) is 4.41. The number of hydrogen-bond acceptors (Lipinski definition) is 4. The minimum absolute atomic E-state index is 0.134. The number of hydrogen-bond donors (Lipinski definition) is 1. The molecule has 2 rings (SSSR count). The van der Waals surface area contributed by atoms with E-state index in [2.05, 4.69) is 10.1 Å². The first-order valence-corrected chi connectivity index (χ1v) is 4.41. The molecule has 0 atom stereocenters. The smallest absolute Gasteiger partial charge is 0.336 e. The third kappa shape index (κ3) is 1.77. The molecule has 0 unspecified atom stereocenters. The van der Waals surface area contributed by atoms with Gasteiger partial charge in [-0.1, -0.05) is 5.16 Å². The molecule has 0 aliphatic heterocycles. The molecule has 0 spiro atoms. The maximum Gasteiger partial charge on any atom is 0.336 e. The zero-order valence-electron chi connectivity index (χ0n) is 8.27. The second kappa shape index (κ2) is 3.73. The van der Waals surface area contributed by atoms with E-state index in [1.165, 1.54) is 6.07 Å². The first kappa shape index (κ1) is 10.3. The van der Waals surface area contributed by atoms with Crippen LogP contribution in [0, 0.1) is 12.7 Å². The van der Waals surface area contributed by atoms with Crippen LogP contribution in [-0.2, 0) is 0 Å². The van der Waals surface area contributed by atoms with E-state index in [0.29, 0.717) is 5.89 Å². The third-order valence-electron chi connectivity index (χ3n) is 1.98. The van der Waals surface area contributed by atoms with Crippen LogP contribution in [0.5, 0.6) is 0 Å². The number of carboxylic acid groups (broad SMARTS) is 1. The molecule has 0 fully saturated rings. The standard InChI is InChI=1S/C10H7FN2O3/c1-5-12-9(13-16-5)7-3-2-6(11)4-8(7)10(14)15/h2-4H,1H3,(H,14,15). The van der Waals surface area contributed by atoms with Crippen molar-refractivity contribution in [3.05, 3.63) is 35.5 Å². The Morgan fingerprint density at radius 3 is 2.81 bits per heavy atom. The summed E-state index contributed by atoms with van der Waals surface area (Å²) in [6.45, 7) is 1.58. The highest BCUT2D eigenvalue weighted by atomic mass is 19.1. The molecule has 16 heavy (non-hydrogen) atoms. The Morgan fingerprint density at radius 2 is 2.25 bits per heavy atom. The van der Waals surface area contributed by atoms with Crippen LogP contribution in [0.15, 0.2) is 22.7 Å². The lowest BCUT2D eigenvalue weighted by Crippen LogP contribution is -2.01. The molecule has 82 valence electrons. The Kier molecular flexibility index (Phi) is 2.40. The van der Waals surface area contributed by atoms with Crippen molar-refractivity contribution in [2.45, 2.75) is 6.92 Å². The lowest BCUT2D eigenvalue weighted by Gasteiger charge is -2.00. The zero-order chi connectivity index (χ0) is 11.7. The molecule has 1 heterocycles. The van der Waals surface area contributed by atoms with Crippen molar-refractivity contribution in [1.29, 1.82) is 0 Å². The zero-order valence-corrected chi connectivity index (χ0v) is 8.27. The van der Waals surface area contributed by atoms with Crippen LogP contribution in [0.2, 0.25) is 0 Å². The fourth-order valence-corrected chi connectivity index (χ4v) is 1.30. The van der Waals surface area contributed by atoms with Crippen molar-refractivity contribution in [2.24, 2.45) is 0 Å². The van der Waals surface area contributed by atoms with Gasteiger partial charge < -0.3 is 9.63 Å². The Balaban J connectivity index is 2.60. The molecular formula is C10H7FN2O3. The van der Waals surface area contributed by atoms with Gasteiger partial charge in [-0.25, -0.2) is 9.18 Å². The highest BCUT2D eigenvalue weighted by Gasteiger charge is 2.16. The average Bonchev–Trinajstić information content (AvgIpc) is 2.64. The number of benzene rings is 1. The Labute approximate surface area is 89.5 Å². The lowest BCUT2D eigenvalue weighted by atomic mass is 10.1. The predicted molar refractivity (Wildman–Crippen MR) is 51.4 cm³/mol. The van der Waals surface area contributed by atoms with Gasteiger partial charge in [0.2, 0.25) is 11.7 Å². The van der Waals surface area contributed by atoms with Crippen LogP contribution in [0.25, 0.3) is 11.4 Å². The number of nitrogens with zero attached hydrogens (tertiary/aromatic N) is 2. The van der Waals surface area contributed by atoms with E-state index >= 15 is 0 Å². The lowest BCUT2D eigenvalue weighted by molar-refractivity contribution is 0.0697. The molecule has 0 radical (unpaired) electrons. The fourth-order valence-electron chi connectivity index (χ4n) is 1.30. The molecule has 0 aliphatic carbocycles. The first-order chi connectivity index (χ1) is 7.58. The number of carboxylic acids is 1. The van der Waals surface area contributed by atoms with Gasteiger partial charge in [0.1, 0.15) is 5.82 Å². The predicted octanol–water partition coefficient (Wildman–Crippen LogP) is 1.88. The number of rotatable bonds is 2. The maximum absolute atomic E-state index is 12.9. The second-order valence-electron chi connectivity index (χ2n) is 3.13. The summed E-state index contributed by atoms with van der Waals surface area (Å²) in [5.74, 6) is -1.41. The molecule has 0 amide bonds. The van der Waals surface area contributed by atoms with Crippen LogP contribution in [-0.4, -0.2) is 21.2 Å². The van der Waals surface area contributed by atoms with Gasteiger partial charge in [0, 0.05) is 12.5 Å². The van der Waals surface area contributed by atoms with Gasteiger partial charge in [-0.2, -0.15) is 4.98 Å². The number of aromatic carboxylic acids is 1. The summed E-state index contributed by atoms with van der Waals surface area (Å²) in [5.41, 5.74) is 0.0338. The molecule has 1 aromatic carbocycles. The van der Waals surface area contributed by atoms with Crippen LogP contribution < -0.4 is 0 Å². The highest BCUT2D eigenvalue weighted by Crippen LogP contribution is 2.21. The van der Waals surface area contributed by atoms with Gasteiger partial charge in [-0.15, -0.1) is 0 Å². The largest absolute Gasteiger partial charge is 0.478 e. The summed E-state index contributed by atoms with van der Waals surface area (Å²) in [4.78, 5) is 14.8. The maximum atomic E-state index is 12.9. The van der Waals surface area contributed by atoms with Gasteiger partial charge in [-0.3, -0.25) is 0 Å². The van der Waals surface area contributed by atoms with Gasteiger partial charge in [0.25, 0.3) is 0 Å². The van der Waals surface area contributed by atoms with E-state index < -0.39 is 11.8 Å². The van der Waals surface area contributed by atoms with E-state index in [9.17, 15) is 9.18 Å². The number of aryl methyl sites for hydroxylation is 1. The Bertz CT molecular complexity index is 551. The average molecular weight is 222 g/mol. The normalized spacial score (nSPS) is 10.4. The summed E-state index contributed by atoms with van der Waals surface area (Å²) >= 11 is 0. The molecule has 0 bridgehead atoms. The van der Waals surface area contributed by atoms with E-state index in [1.807, 2.05) is 0 Å². The van der Waals surface area contributed by atoms with Crippen molar-refractivity contribution >= 4 is 5.97 Å². The van der Waals surface area contributed by atoms with Crippen LogP contribution in [0.3, 0.4) is 0 Å². The fraction of sp³-hybridized carbons (Fsp3) is 0.100. The highest BCUT2D eigenvalue weighted by molar-refractivity contribution is 5.94. The van der Waals surface area contributed by atoms with Crippen molar-refractivity contribution in [3.8, 4) is 11.4 Å². The molecule has 1 aromatic heterocycles. The quantitative estimate of drug-likeness (QED) is 0.839. The topological polar surface area (TPSA) is 76.2 Å². The summed E-state index contributed by atoms with van der Waals surface area (Å²) in [5, 5.41) is 12.5. The van der Waals surface area contributed by atoms with Crippen molar-refractivity contribution in [2.75, 3.05) is 0 Å². The molecule has 0 saturated heterocycles. The minimum Gasteiger partial charge on any atom is -0.478 e. The molecule has 0 aliphatic rings. The van der Waals surface area contributed by atoms with E-state index in [-0.39, 0.29) is 17.0 Å². The molecule has 6 heteroatoms. The molecule has 1 N–H and O–H groups in total. The summed E-state index contributed by atoms with van der Waals surface area (Å²) in [6, 6.07) is 3.37. The monoisotopic (exact) mass is 222 g/mol. The Hall–Kier alpha value is -2.24.